The van der Waals surface area contributed by atoms with Gasteiger partial charge in [0.05, 0.1) is 4.90 Å². The average Bonchev–Trinajstić information content (AvgIpc) is 2.74. The van der Waals surface area contributed by atoms with Crippen molar-refractivity contribution in [3.8, 4) is 16.9 Å². The van der Waals surface area contributed by atoms with Gasteiger partial charge in [-0.3, -0.25) is 4.79 Å². The van der Waals surface area contributed by atoms with Crippen molar-refractivity contribution in [1.82, 2.24) is 5.32 Å². The van der Waals surface area contributed by atoms with Crippen LogP contribution in [0.2, 0.25) is 0 Å². The molecule has 0 radical (unpaired) electrons. The predicted molar refractivity (Wildman–Crippen MR) is 116 cm³/mol. The molecule has 3 aromatic carbocycles. The lowest BCUT2D eigenvalue weighted by Crippen LogP contribution is -2.37. The van der Waals surface area contributed by atoms with E-state index >= 15 is 0 Å². The first-order valence-electron chi connectivity index (χ1n) is 9.54. The van der Waals surface area contributed by atoms with Crippen molar-refractivity contribution in [2.45, 2.75) is 24.3 Å². The van der Waals surface area contributed by atoms with Gasteiger partial charge in [-0.2, -0.15) is 0 Å². The normalized spacial score (nSPS) is 12.2. The number of primary sulfonamides is 1. The van der Waals surface area contributed by atoms with Crippen molar-refractivity contribution in [3.05, 3.63) is 84.4 Å². The highest BCUT2D eigenvalue weighted by atomic mass is 32.2. The van der Waals surface area contributed by atoms with E-state index in [0.29, 0.717) is 18.7 Å². The largest absolute Gasteiger partial charge is 0.481 e. The molecule has 1 atom stereocenters. The minimum absolute atomic E-state index is 0.0654. The lowest BCUT2D eigenvalue weighted by atomic mass is 10.1. The van der Waals surface area contributed by atoms with Crippen LogP contribution in [0.15, 0.2) is 83.8 Å². The van der Waals surface area contributed by atoms with Crippen LogP contribution in [0.1, 0.15) is 12.5 Å². The lowest BCUT2D eigenvalue weighted by Gasteiger charge is -2.15. The van der Waals surface area contributed by atoms with Crippen LogP contribution in [0.3, 0.4) is 0 Å². The number of hydrogen-bond acceptors (Lipinski definition) is 4. The fourth-order valence-corrected chi connectivity index (χ4v) is 3.45. The molecule has 0 heterocycles. The van der Waals surface area contributed by atoms with E-state index in [2.05, 4.69) is 5.32 Å². The highest BCUT2D eigenvalue weighted by molar-refractivity contribution is 7.89. The van der Waals surface area contributed by atoms with E-state index in [-0.39, 0.29) is 10.8 Å². The number of carbonyl (C=O) groups is 1. The summed E-state index contributed by atoms with van der Waals surface area (Å²) in [6.07, 6.45) is -0.0767. The quantitative estimate of drug-likeness (QED) is 0.580. The minimum Gasteiger partial charge on any atom is -0.481 e. The molecule has 0 bridgehead atoms. The van der Waals surface area contributed by atoms with E-state index in [0.717, 1.165) is 16.7 Å². The molecule has 3 N–H and O–H groups in total. The number of amides is 1. The summed E-state index contributed by atoms with van der Waals surface area (Å²) in [7, 11) is -3.70. The van der Waals surface area contributed by atoms with Gasteiger partial charge in [0, 0.05) is 6.54 Å². The van der Waals surface area contributed by atoms with Gasteiger partial charge in [0.1, 0.15) is 5.75 Å². The third-order valence-electron chi connectivity index (χ3n) is 4.61. The highest BCUT2D eigenvalue weighted by Crippen LogP contribution is 2.22. The summed E-state index contributed by atoms with van der Waals surface area (Å²) < 4.78 is 28.3. The van der Waals surface area contributed by atoms with Gasteiger partial charge in [0.15, 0.2) is 6.10 Å². The second-order valence-corrected chi connectivity index (χ2v) is 8.44. The predicted octanol–water partition coefficient (Wildman–Crippen LogP) is 3.13. The second-order valence-electron chi connectivity index (χ2n) is 6.88. The van der Waals surface area contributed by atoms with Gasteiger partial charge in [-0.25, -0.2) is 13.6 Å². The number of rotatable bonds is 8. The summed E-state index contributed by atoms with van der Waals surface area (Å²) in [6.45, 7) is 2.11. The zero-order valence-electron chi connectivity index (χ0n) is 16.6. The van der Waals surface area contributed by atoms with Gasteiger partial charge in [-0.1, -0.05) is 54.6 Å². The standard InChI is InChI=1S/C23H24N2O4S/c1-17(29-21-11-9-20(10-12-21)19-5-3-2-4-6-19)23(26)25-16-15-18-7-13-22(14-8-18)30(24,27)28/h2-14,17H,15-16H2,1H3,(H,25,26)(H2,24,27,28). The Balaban J connectivity index is 1.48. The van der Waals surface area contributed by atoms with Crippen LogP contribution in [-0.4, -0.2) is 27.0 Å². The fraction of sp³-hybridized carbons (Fsp3) is 0.174. The van der Waals surface area contributed by atoms with E-state index < -0.39 is 16.1 Å². The van der Waals surface area contributed by atoms with Crippen LogP contribution in [0.5, 0.6) is 5.75 Å². The van der Waals surface area contributed by atoms with Crippen molar-refractivity contribution in [2.75, 3.05) is 6.54 Å². The van der Waals surface area contributed by atoms with Gasteiger partial charge in [0.2, 0.25) is 10.0 Å². The van der Waals surface area contributed by atoms with Crippen LogP contribution in [0, 0.1) is 0 Å². The van der Waals surface area contributed by atoms with Gasteiger partial charge in [0.25, 0.3) is 5.91 Å². The van der Waals surface area contributed by atoms with E-state index in [1.54, 1.807) is 19.1 Å². The zero-order valence-corrected chi connectivity index (χ0v) is 17.4. The Hall–Kier alpha value is -3.16. The fourth-order valence-electron chi connectivity index (χ4n) is 2.93. The summed E-state index contributed by atoms with van der Waals surface area (Å²) in [5, 5.41) is 7.91. The molecular weight excluding hydrogens is 400 g/mol. The SMILES string of the molecule is CC(Oc1ccc(-c2ccccc2)cc1)C(=O)NCCc1ccc(S(N)(=O)=O)cc1. The third-order valence-corrected chi connectivity index (χ3v) is 5.54. The first-order chi connectivity index (χ1) is 14.3. The first kappa shape index (κ1) is 21.5. The zero-order chi connectivity index (χ0) is 21.6. The monoisotopic (exact) mass is 424 g/mol. The maximum absolute atomic E-state index is 12.3. The number of nitrogens with one attached hydrogen (secondary N) is 1. The van der Waals surface area contributed by atoms with Crippen LogP contribution in [-0.2, 0) is 21.2 Å². The van der Waals surface area contributed by atoms with E-state index in [1.165, 1.54) is 12.1 Å². The third kappa shape index (κ3) is 5.92. The molecule has 0 spiro atoms. The number of nitrogens with two attached hydrogens (primary N) is 1. The van der Waals surface area contributed by atoms with Gasteiger partial charge in [-0.15, -0.1) is 0 Å². The van der Waals surface area contributed by atoms with Crippen LogP contribution >= 0.6 is 0 Å². The van der Waals surface area contributed by atoms with Crippen molar-refractivity contribution < 1.29 is 17.9 Å². The molecule has 3 rings (SSSR count). The summed E-state index contributed by atoms with van der Waals surface area (Å²) in [5.74, 6) is 0.402. The number of benzene rings is 3. The Labute approximate surface area is 176 Å². The number of carbonyl (C=O) groups excluding carboxylic acids is 1. The molecule has 0 aliphatic carbocycles. The molecule has 0 saturated heterocycles. The van der Waals surface area contributed by atoms with Crippen molar-refractivity contribution >= 4 is 15.9 Å². The maximum Gasteiger partial charge on any atom is 0.260 e. The molecule has 0 aliphatic rings. The Bertz CT molecular complexity index is 1080. The molecule has 6 nitrogen and oxygen atoms in total. The summed E-state index contributed by atoms with van der Waals surface area (Å²) >= 11 is 0. The molecule has 0 fully saturated rings. The molecule has 1 unspecified atom stereocenters. The summed E-state index contributed by atoms with van der Waals surface area (Å²) in [4.78, 5) is 12.3. The number of ether oxygens (including phenoxy) is 1. The molecule has 30 heavy (non-hydrogen) atoms. The second kappa shape index (κ2) is 9.56. The molecule has 0 aromatic heterocycles. The molecule has 0 saturated carbocycles. The molecule has 3 aromatic rings. The minimum atomic E-state index is -3.70. The molecular formula is C23H24N2O4S. The molecule has 0 aliphatic heterocycles. The van der Waals surface area contributed by atoms with Crippen molar-refractivity contribution in [1.29, 1.82) is 0 Å². The Morgan fingerprint density at radius 2 is 1.53 bits per heavy atom. The van der Waals surface area contributed by atoms with E-state index in [9.17, 15) is 13.2 Å². The van der Waals surface area contributed by atoms with E-state index in [4.69, 9.17) is 9.88 Å². The van der Waals surface area contributed by atoms with Gasteiger partial charge < -0.3 is 10.1 Å². The first-order valence-corrected chi connectivity index (χ1v) is 11.1. The molecule has 7 heteroatoms. The number of hydrogen-bond donors (Lipinski definition) is 2. The average molecular weight is 425 g/mol. The lowest BCUT2D eigenvalue weighted by molar-refractivity contribution is -0.127. The Kier molecular flexibility index (Phi) is 6.87. The van der Waals surface area contributed by atoms with Crippen molar-refractivity contribution in [2.24, 2.45) is 5.14 Å². The topological polar surface area (TPSA) is 98.5 Å². The van der Waals surface area contributed by atoms with Crippen LogP contribution in [0.25, 0.3) is 11.1 Å². The van der Waals surface area contributed by atoms with Crippen LogP contribution in [0.4, 0.5) is 0 Å². The van der Waals surface area contributed by atoms with E-state index in [1.807, 2.05) is 54.6 Å². The molecule has 156 valence electrons. The smallest absolute Gasteiger partial charge is 0.260 e. The number of sulfonamides is 1. The van der Waals surface area contributed by atoms with Gasteiger partial charge in [-0.05, 0) is 54.3 Å². The van der Waals surface area contributed by atoms with Crippen molar-refractivity contribution in [3.63, 3.8) is 0 Å². The Morgan fingerprint density at radius 3 is 2.13 bits per heavy atom. The summed E-state index contributed by atoms with van der Waals surface area (Å²) in [5.41, 5.74) is 3.09. The summed E-state index contributed by atoms with van der Waals surface area (Å²) in [6, 6.07) is 23.9. The van der Waals surface area contributed by atoms with Crippen LogP contribution < -0.4 is 15.2 Å². The maximum atomic E-state index is 12.3. The highest BCUT2D eigenvalue weighted by Gasteiger charge is 2.14. The van der Waals surface area contributed by atoms with Gasteiger partial charge >= 0.3 is 0 Å². The molecule has 1 amide bonds. The Morgan fingerprint density at radius 1 is 0.933 bits per heavy atom.